The average Bonchev–Trinajstić information content (AvgIpc) is 3.01. The van der Waals surface area contributed by atoms with Crippen LogP contribution in [0.25, 0.3) is 0 Å². The number of nitrogens with zero attached hydrogens (tertiary/aromatic N) is 2. The van der Waals surface area contributed by atoms with E-state index < -0.39 is 0 Å². The Bertz CT molecular complexity index is 1370. The van der Waals surface area contributed by atoms with Crippen molar-refractivity contribution in [3.8, 4) is 0 Å². The minimum atomic E-state index is 0.921. The Hall–Kier alpha value is -2.04. The number of rotatable bonds is 8. The summed E-state index contributed by atoms with van der Waals surface area (Å²) in [7, 11) is 0. The van der Waals surface area contributed by atoms with E-state index in [4.69, 9.17) is 9.98 Å². The molecular weight excluding hydrogens is 525 g/mol. The van der Waals surface area contributed by atoms with Crippen LogP contribution >= 0.6 is 23.5 Å². The summed E-state index contributed by atoms with van der Waals surface area (Å²) in [4.78, 5) is 16.2. The van der Waals surface area contributed by atoms with Gasteiger partial charge in [-0.3, -0.25) is 0 Å². The Morgan fingerprint density at radius 3 is 1.43 bits per heavy atom. The van der Waals surface area contributed by atoms with Crippen LogP contribution in [-0.4, -0.2) is 0 Å². The number of hydrogen-bond acceptors (Lipinski definition) is 4. The summed E-state index contributed by atoms with van der Waals surface area (Å²) in [6.45, 7) is 0. The largest absolute Gasteiger partial charge is 0.246 e. The second-order valence-electron chi connectivity index (χ2n) is 12.5. The van der Waals surface area contributed by atoms with Crippen molar-refractivity contribution in [3.63, 3.8) is 0 Å². The number of para-hydroxylation sites is 2. The van der Waals surface area contributed by atoms with Crippen LogP contribution in [0.2, 0.25) is 0 Å². The lowest BCUT2D eigenvalue weighted by Crippen LogP contribution is -2.29. The molecule has 2 aliphatic heterocycles. The molecule has 3 aromatic carbocycles. The monoisotopic (exact) mass is 566 g/mol. The van der Waals surface area contributed by atoms with Crippen molar-refractivity contribution in [2.45, 2.75) is 122 Å². The van der Waals surface area contributed by atoms with Gasteiger partial charge >= 0.3 is 0 Å². The maximum Gasteiger partial charge on any atom is 0.0824 e. The second kappa shape index (κ2) is 12.4. The lowest BCUT2D eigenvalue weighted by Gasteiger charge is -2.25. The van der Waals surface area contributed by atoms with Crippen LogP contribution in [0.1, 0.15) is 101 Å². The Balaban J connectivity index is 1.30. The third kappa shape index (κ3) is 5.68. The molecule has 4 aliphatic rings. The third-order valence-corrected chi connectivity index (χ3v) is 12.1. The molecule has 0 amide bonds. The first-order valence-electron chi connectivity index (χ1n) is 16.0. The molecule has 0 unspecified atom stereocenters. The molecule has 0 spiro atoms. The smallest absolute Gasteiger partial charge is 0.0824 e. The Morgan fingerprint density at radius 1 is 0.550 bits per heavy atom. The molecule has 2 saturated carbocycles. The second-order valence-corrected chi connectivity index (χ2v) is 14.6. The van der Waals surface area contributed by atoms with Crippen LogP contribution in [0, 0.1) is 11.8 Å². The number of benzene rings is 3. The Kier molecular flexibility index (Phi) is 8.35. The van der Waals surface area contributed by atoms with Gasteiger partial charge in [-0.05, 0) is 72.9 Å². The van der Waals surface area contributed by atoms with Gasteiger partial charge in [0.15, 0.2) is 0 Å². The van der Waals surface area contributed by atoms with E-state index >= 15 is 0 Å². The SMILES string of the molecule is c1ccc2c(c1)N=c1c(CCCC3CCCCC3)c3c(c(CCCC4CCCCC4)c1S2)=Nc1ccccc1S3. The summed E-state index contributed by atoms with van der Waals surface area (Å²) in [5.41, 5.74) is 5.20. The molecule has 0 radical (unpaired) electrons. The Morgan fingerprint density at radius 2 is 0.975 bits per heavy atom. The number of hydrogen-bond donors (Lipinski definition) is 0. The molecule has 0 saturated heterocycles. The molecule has 0 N–H and O–H groups in total. The van der Waals surface area contributed by atoms with Gasteiger partial charge in [-0.1, -0.05) is 125 Å². The molecule has 2 heterocycles. The molecular formula is C36H42N2S2. The standard InChI is InChI=1S/C36H42N2S2/c1-3-13-25(14-4-1)17-11-19-27-33-36(40-32-24-10-7-21-29(32)37-33)28(20-12-18-26-15-5-2-6-16-26)34-35(27)39-31-23-9-8-22-30(31)38-34/h7-10,21-26H,1-6,11-20H2. The van der Waals surface area contributed by atoms with Crippen LogP contribution in [-0.2, 0) is 12.8 Å². The van der Waals surface area contributed by atoms with Gasteiger partial charge in [0.1, 0.15) is 0 Å². The summed E-state index contributed by atoms with van der Waals surface area (Å²) in [5.74, 6) is 1.84. The third-order valence-electron chi connectivity index (χ3n) is 9.70. The molecule has 208 valence electrons. The molecule has 7 rings (SSSR count). The maximum atomic E-state index is 5.42. The van der Waals surface area contributed by atoms with Crippen LogP contribution in [0.5, 0.6) is 0 Å². The molecule has 2 fully saturated rings. The zero-order chi connectivity index (χ0) is 26.7. The molecule has 2 aliphatic carbocycles. The lowest BCUT2D eigenvalue weighted by molar-refractivity contribution is 0.331. The first-order valence-corrected chi connectivity index (χ1v) is 17.7. The normalized spacial score (nSPS) is 18.6. The van der Waals surface area contributed by atoms with Gasteiger partial charge in [0.2, 0.25) is 0 Å². The van der Waals surface area contributed by atoms with Crippen molar-refractivity contribution < 1.29 is 0 Å². The van der Waals surface area contributed by atoms with E-state index in [1.54, 1.807) is 0 Å². The maximum absolute atomic E-state index is 5.42. The van der Waals surface area contributed by atoms with Crippen LogP contribution in [0.3, 0.4) is 0 Å². The fraction of sp³-hybridized carbons (Fsp3) is 0.500. The van der Waals surface area contributed by atoms with Gasteiger partial charge in [0, 0.05) is 19.6 Å². The molecule has 0 aromatic heterocycles. The van der Waals surface area contributed by atoms with Crippen molar-refractivity contribution in [2.24, 2.45) is 21.8 Å². The highest BCUT2D eigenvalue weighted by Gasteiger charge is 2.27. The van der Waals surface area contributed by atoms with Crippen molar-refractivity contribution >= 4 is 34.9 Å². The molecule has 3 aromatic rings. The summed E-state index contributed by atoms with van der Waals surface area (Å²) in [6, 6.07) is 17.5. The van der Waals surface area contributed by atoms with Gasteiger partial charge in [-0.25, -0.2) is 9.98 Å². The van der Waals surface area contributed by atoms with Gasteiger partial charge in [0.25, 0.3) is 0 Å². The average molecular weight is 567 g/mol. The van der Waals surface area contributed by atoms with Crippen molar-refractivity contribution in [2.75, 3.05) is 0 Å². The number of fused-ring (bicyclic) bond motifs is 4. The predicted molar refractivity (Wildman–Crippen MR) is 168 cm³/mol. The molecule has 0 bridgehead atoms. The van der Waals surface area contributed by atoms with Crippen LogP contribution in [0.15, 0.2) is 78.1 Å². The van der Waals surface area contributed by atoms with Crippen LogP contribution in [0.4, 0.5) is 11.4 Å². The molecule has 4 heteroatoms. The summed E-state index contributed by atoms with van der Waals surface area (Å²) in [6.07, 6.45) is 21.8. The highest BCUT2D eigenvalue weighted by atomic mass is 32.2. The summed E-state index contributed by atoms with van der Waals surface area (Å²) < 4.78 is 0. The van der Waals surface area contributed by atoms with Gasteiger partial charge in [-0.15, -0.1) is 0 Å². The topological polar surface area (TPSA) is 24.7 Å². The zero-order valence-corrected chi connectivity index (χ0v) is 25.4. The van der Waals surface area contributed by atoms with E-state index in [-0.39, 0.29) is 0 Å². The van der Waals surface area contributed by atoms with E-state index in [0.29, 0.717) is 0 Å². The first kappa shape index (κ1) is 26.8. The van der Waals surface area contributed by atoms with Crippen molar-refractivity contribution in [3.05, 3.63) is 70.4 Å². The van der Waals surface area contributed by atoms with Crippen molar-refractivity contribution in [1.82, 2.24) is 0 Å². The molecule has 0 atom stereocenters. The van der Waals surface area contributed by atoms with Gasteiger partial charge < -0.3 is 0 Å². The highest BCUT2D eigenvalue weighted by Crippen LogP contribution is 2.43. The molecule has 40 heavy (non-hydrogen) atoms. The van der Waals surface area contributed by atoms with Crippen molar-refractivity contribution in [1.29, 1.82) is 0 Å². The van der Waals surface area contributed by atoms with E-state index in [1.165, 1.54) is 131 Å². The fourth-order valence-corrected chi connectivity index (χ4v) is 9.86. The van der Waals surface area contributed by atoms with E-state index in [0.717, 1.165) is 36.1 Å². The van der Waals surface area contributed by atoms with Gasteiger partial charge in [-0.2, -0.15) is 0 Å². The van der Waals surface area contributed by atoms with Gasteiger partial charge in [0.05, 0.1) is 22.1 Å². The lowest BCUT2D eigenvalue weighted by atomic mass is 9.85. The predicted octanol–water partition coefficient (Wildman–Crippen LogP) is 10.3. The van der Waals surface area contributed by atoms with E-state index in [1.807, 2.05) is 23.5 Å². The summed E-state index contributed by atoms with van der Waals surface area (Å²) >= 11 is 3.92. The molecule has 2 nitrogen and oxygen atoms in total. The minimum Gasteiger partial charge on any atom is -0.246 e. The quantitative estimate of drug-likeness (QED) is 0.187. The first-order chi connectivity index (χ1) is 19.8. The zero-order valence-electron chi connectivity index (χ0n) is 23.8. The van der Waals surface area contributed by atoms with E-state index in [2.05, 4.69) is 48.5 Å². The Labute approximate surface area is 248 Å². The highest BCUT2D eigenvalue weighted by molar-refractivity contribution is 8.00. The summed E-state index contributed by atoms with van der Waals surface area (Å²) in [5, 5.41) is 2.53. The van der Waals surface area contributed by atoms with Crippen LogP contribution < -0.4 is 10.7 Å². The van der Waals surface area contributed by atoms with E-state index in [9.17, 15) is 0 Å². The fourth-order valence-electron chi connectivity index (χ4n) is 7.51. The minimum absolute atomic E-state index is 0.921.